The fourth-order valence-corrected chi connectivity index (χ4v) is 5.21. The first kappa shape index (κ1) is 25.7. The second kappa shape index (κ2) is 11.6. The van der Waals surface area contributed by atoms with Crippen LogP contribution in [0.1, 0.15) is 21.7 Å². The number of ether oxygens (including phenoxy) is 2. The van der Waals surface area contributed by atoms with Crippen molar-refractivity contribution in [1.82, 2.24) is 14.8 Å². The minimum absolute atomic E-state index is 0.0791. The van der Waals surface area contributed by atoms with E-state index < -0.39 is 5.97 Å². The molecule has 0 aliphatic rings. The number of methoxy groups -OCH3 is 1. The fraction of sp³-hybridized carbons (Fsp3) is 0.200. The lowest BCUT2D eigenvalue weighted by molar-refractivity contribution is -0.113. The van der Waals surface area contributed by atoms with Gasteiger partial charge in [0, 0.05) is 18.0 Å². The van der Waals surface area contributed by atoms with Crippen LogP contribution in [0.25, 0.3) is 11.1 Å². The summed E-state index contributed by atoms with van der Waals surface area (Å²) in [5.41, 5.74) is 2.94. The van der Waals surface area contributed by atoms with Crippen molar-refractivity contribution < 1.29 is 19.1 Å². The lowest BCUT2D eigenvalue weighted by atomic mass is 10.0. The Hall–Kier alpha value is -3.34. The quantitative estimate of drug-likeness (QED) is 0.217. The van der Waals surface area contributed by atoms with Crippen LogP contribution in [0.4, 0.5) is 5.00 Å². The van der Waals surface area contributed by atoms with Gasteiger partial charge in [0.2, 0.25) is 5.91 Å². The number of aromatic nitrogens is 3. The predicted octanol–water partition coefficient (Wildman–Crippen LogP) is 5.60. The highest BCUT2D eigenvalue weighted by Gasteiger charge is 2.22. The maximum Gasteiger partial charge on any atom is 0.341 e. The summed E-state index contributed by atoms with van der Waals surface area (Å²) in [5.74, 6) is 0.453. The van der Waals surface area contributed by atoms with Crippen molar-refractivity contribution in [2.75, 3.05) is 18.2 Å². The van der Waals surface area contributed by atoms with E-state index in [1.807, 2.05) is 54.8 Å². The van der Waals surface area contributed by atoms with Gasteiger partial charge >= 0.3 is 5.97 Å². The molecule has 186 valence electrons. The molecule has 11 heteroatoms. The zero-order chi connectivity index (χ0) is 25.7. The molecule has 4 aromatic rings. The monoisotopic (exact) mass is 542 g/mol. The molecular formula is C25H23ClN4O4S2. The number of halogens is 1. The van der Waals surface area contributed by atoms with Crippen LogP contribution in [0.5, 0.6) is 5.75 Å². The Morgan fingerprint density at radius 2 is 1.94 bits per heavy atom. The van der Waals surface area contributed by atoms with Gasteiger partial charge in [0.05, 0.1) is 17.9 Å². The average molecular weight is 543 g/mol. The third-order valence-corrected chi connectivity index (χ3v) is 7.45. The molecule has 0 atom stereocenters. The smallest absolute Gasteiger partial charge is 0.341 e. The first-order valence-electron chi connectivity index (χ1n) is 10.8. The standard InChI is InChI=1S/C25H23ClN4O4S2/c1-15-9-10-18(26)19(11-15)34-12-20-28-29-25(30(20)2)36-14-21(31)27-23-22(24(32)33-3)17(13-35-23)16-7-5-4-6-8-16/h4-11,13H,12,14H2,1-3H3,(H,27,31). The lowest BCUT2D eigenvalue weighted by Gasteiger charge is -2.09. The number of thiophene rings is 1. The Morgan fingerprint density at radius 1 is 1.17 bits per heavy atom. The van der Waals surface area contributed by atoms with E-state index in [2.05, 4.69) is 15.5 Å². The van der Waals surface area contributed by atoms with Gasteiger partial charge in [-0.15, -0.1) is 21.5 Å². The van der Waals surface area contributed by atoms with Crippen LogP contribution < -0.4 is 10.1 Å². The molecule has 0 bridgehead atoms. The summed E-state index contributed by atoms with van der Waals surface area (Å²) < 4.78 is 12.5. The average Bonchev–Trinajstić information content (AvgIpc) is 3.46. The van der Waals surface area contributed by atoms with Gasteiger partial charge in [-0.25, -0.2) is 4.79 Å². The summed E-state index contributed by atoms with van der Waals surface area (Å²) in [6, 6.07) is 15.0. The Bertz CT molecular complexity index is 1390. The van der Waals surface area contributed by atoms with E-state index in [0.29, 0.717) is 37.9 Å². The highest BCUT2D eigenvalue weighted by atomic mass is 35.5. The van der Waals surface area contributed by atoms with Gasteiger partial charge in [-0.1, -0.05) is 59.8 Å². The molecule has 1 amide bonds. The number of amides is 1. The number of nitrogens with one attached hydrogen (secondary N) is 1. The molecule has 0 unspecified atom stereocenters. The number of carbonyl (C=O) groups excluding carboxylic acids is 2. The summed E-state index contributed by atoms with van der Waals surface area (Å²) >= 11 is 8.70. The third kappa shape index (κ3) is 5.89. The van der Waals surface area contributed by atoms with Gasteiger partial charge in [0.25, 0.3) is 0 Å². The van der Waals surface area contributed by atoms with E-state index in [1.54, 1.807) is 17.7 Å². The van der Waals surface area contributed by atoms with Crippen molar-refractivity contribution in [2.24, 2.45) is 7.05 Å². The van der Waals surface area contributed by atoms with E-state index in [0.717, 1.165) is 11.1 Å². The number of thioether (sulfide) groups is 1. The summed E-state index contributed by atoms with van der Waals surface area (Å²) in [6.45, 7) is 2.14. The lowest BCUT2D eigenvalue weighted by Crippen LogP contribution is -2.16. The predicted molar refractivity (Wildman–Crippen MR) is 142 cm³/mol. The third-order valence-electron chi connectivity index (χ3n) is 5.22. The van der Waals surface area contributed by atoms with E-state index in [9.17, 15) is 9.59 Å². The van der Waals surface area contributed by atoms with Crippen molar-refractivity contribution in [2.45, 2.75) is 18.7 Å². The van der Waals surface area contributed by atoms with Crippen molar-refractivity contribution >= 4 is 51.6 Å². The van der Waals surface area contributed by atoms with Crippen molar-refractivity contribution in [3.63, 3.8) is 0 Å². The van der Waals surface area contributed by atoms with Crippen LogP contribution in [0.15, 0.2) is 59.1 Å². The summed E-state index contributed by atoms with van der Waals surface area (Å²) in [7, 11) is 3.12. The molecule has 0 saturated carbocycles. The number of aryl methyl sites for hydroxylation is 1. The molecule has 4 rings (SSSR count). The maximum absolute atomic E-state index is 12.7. The summed E-state index contributed by atoms with van der Waals surface area (Å²) in [6.07, 6.45) is 0. The first-order valence-corrected chi connectivity index (χ1v) is 13.1. The van der Waals surface area contributed by atoms with Crippen LogP contribution in [0, 0.1) is 6.92 Å². The van der Waals surface area contributed by atoms with Crippen molar-refractivity contribution in [3.8, 4) is 16.9 Å². The first-order chi connectivity index (χ1) is 17.4. The number of benzene rings is 2. The molecule has 0 spiro atoms. The van der Waals surface area contributed by atoms with Crippen LogP contribution in [-0.2, 0) is 23.2 Å². The van der Waals surface area contributed by atoms with Gasteiger partial charge in [0.15, 0.2) is 11.0 Å². The molecule has 0 fully saturated rings. The second-order valence-electron chi connectivity index (χ2n) is 7.73. The Balaban J connectivity index is 1.40. The SMILES string of the molecule is COC(=O)c1c(-c2ccccc2)csc1NC(=O)CSc1nnc(COc2cc(C)ccc2Cl)n1C. The van der Waals surface area contributed by atoms with E-state index in [4.69, 9.17) is 21.1 Å². The number of carbonyl (C=O) groups is 2. The molecule has 0 saturated heterocycles. The topological polar surface area (TPSA) is 95.3 Å². The van der Waals surface area contributed by atoms with Gasteiger partial charge < -0.3 is 19.4 Å². The van der Waals surface area contributed by atoms with E-state index in [1.165, 1.54) is 30.2 Å². The Labute approximate surface area is 221 Å². The Kier molecular flexibility index (Phi) is 8.29. The minimum atomic E-state index is -0.510. The molecule has 0 radical (unpaired) electrons. The zero-order valence-electron chi connectivity index (χ0n) is 19.8. The molecule has 36 heavy (non-hydrogen) atoms. The van der Waals surface area contributed by atoms with Crippen LogP contribution in [-0.4, -0.2) is 39.5 Å². The molecule has 0 aliphatic heterocycles. The Morgan fingerprint density at radius 3 is 2.69 bits per heavy atom. The van der Waals surface area contributed by atoms with Crippen molar-refractivity contribution in [1.29, 1.82) is 0 Å². The van der Waals surface area contributed by atoms with Gasteiger partial charge in [-0.3, -0.25) is 4.79 Å². The van der Waals surface area contributed by atoms with E-state index >= 15 is 0 Å². The summed E-state index contributed by atoms with van der Waals surface area (Å²) in [5, 5.41) is 14.5. The van der Waals surface area contributed by atoms with Crippen LogP contribution in [0.2, 0.25) is 5.02 Å². The second-order valence-corrected chi connectivity index (χ2v) is 9.96. The molecule has 8 nitrogen and oxygen atoms in total. The molecular weight excluding hydrogens is 520 g/mol. The highest BCUT2D eigenvalue weighted by Crippen LogP contribution is 2.36. The van der Waals surface area contributed by atoms with Gasteiger partial charge in [-0.05, 0) is 30.2 Å². The summed E-state index contributed by atoms with van der Waals surface area (Å²) in [4.78, 5) is 25.2. The fourth-order valence-electron chi connectivity index (χ4n) is 3.34. The van der Waals surface area contributed by atoms with Crippen LogP contribution in [0.3, 0.4) is 0 Å². The van der Waals surface area contributed by atoms with Crippen molar-refractivity contribution in [3.05, 3.63) is 75.9 Å². The van der Waals surface area contributed by atoms with E-state index in [-0.39, 0.29) is 18.3 Å². The van der Waals surface area contributed by atoms with Crippen LogP contribution >= 0.6 is 34.7 Å². The number of nitrogens with zero attached hydrogens (tertiary/aromatic N) is 3. The number of rotatable bonds is 9. The number of anilines is 1. The number of hydrogen-bond acceptors (Lipinski definition) is 8. The molecule has 0 aliphatic carbocycles. The zero-order valence-corrected chi connectivity index (χ0v) is 22.2. The number of hydrogen-bond donors (Lipinski definition) is 1. The molecule has 2 aromatic carbocycles. The van der Waals surface area contributed by atoms with Gasteiger partial charge in [0.1, 0.15) is 22.9 Å². The molecule has 1 N–H and O–H groups in total. The maximum atomic E-state index is 12.7. The normalized spacial score (nSPS) is 10.8. The molecule has 2 heterocycles. The minimum Gasteiger partial charge on any atom is -0.484 e. The largest absolute Gasteiger partial charge is 0.484 e. The number of esters is 1. The highest BCUT2D eigenvalue weighted by molar-refractivity contribution is 7.99. The molecule has 2 aromatic heterocycles. The van der Waals surface area contributed by atoms with Gasteiger partial charge in [-0.2, -0.15) is 0 Å².